The van der Waals surface area contributed by atoms with Gasteiger partial charge in [-0.1, -0.05) is 117 Å². The second kappa shape index (κ2) is 23.7. The second-order valence-corrected chi connectivity index (χ2v) is 10.5. The quantitative estimate of drug-likeness (QED) is 0.146. The van der Waals surface area contributed by atoms with Crippen LogP contribution in [0, 0.1) is 0 Å². The summed E-state index contributed by atoms with van der Waals surface area (Å²) in [5.41, 5.74) is 0. The molecule has 0 amide bonds. The SMILES string of the molecule is CCCCCCCCCCC(CCCCCC(O)CCCCCCC)S(=O)(=O)[O-].[K+]. The summed E-state index contributed by atoms with van der Waals surface area (Å²) in [6.45, 7) is 4.41. The smallest absolute Gasteiger partial charge is 0.748 e. The van der Waals surface area contributed by atoms with Crippen LogP contribution in [-0.4, -0.2) is 29.4 Å². The van der Waals surface area contributed by atoms with E-state index in [1.807, 2.05) is 0 Å². The van der Waals surface area contributed by atoms with Crippen molar-refractivity contribution < 1.29 is 69.5 Å². The van der Waals surface area contributed by atoms with Crippen LogP contribution in [0.1, 0.15) is 142 Å². The summed E-state index contributed by atoms with van der Waals surface area (Å²) < 4.78 is 34.6. The van der Waals surface area contributed by atoms with Crippen molar-refractivity contribution in [1.29, 1.82) is 0 Å². The van der Waals surface area contributed by atoms with Gasteiger partial charge in [-0.15, -0.1) is 0 Å². The number of unbranched alkanes of at least 4 members (excludes halogenated alkanes) is 13. The minimum Gasteiger partial charge on any atom is -0.748 e. The van der Waals surface area contributed by atoms with E-state index in [9.17, 15) is 18.1 Å². The molecule has 0 radical (unpaired) electrons. The van der Waals surface area contributed by atoms with Gasteiger partial charge in [-0.05, 0) is 25.7 Å². The molecular weight excluding hydrogens is 423 g/mol. The van der Waals surface area contributed by atoms with Crippen LogP contribution in [0.25, 0.3) is 0 Å². The normalized spacial score (nSPS) is 13.7. The third-order valence-electron chi connectivity index (χ3n) is 5.99. The molecule has 176 valence electrons. The van der Waals surface area contributed by atoms with Crippen molar-refractivity contribution in [3.8, 4) is 0 Å². The van der Waals surface area contributed by atoms with E-state index in [1.165, 1.54) is 57.8 Å². The van der Waals surface area contributed by atoms with Crippen LogP contribution in [-0.2, 0) is 10.1 Å². The molecule has 0 spiro atoms. The van der Waals surface area contributed by atoms with Crippen LogP contribution in [0.15, 0.2) is 0 Å². The molecule has 2 unspecified atom stereocenters. The van der Waals surface area contributed by atoms with Crippen molar-refractivity contribution in [2.75, 3.05) is 0 Å². The van der Waals surface area contributed by atoms with Gasteiger partial charge in [0, 0.05) is 5.25 Å². The molecular formula is C24H49KO4S. The van der Waals surface area contributed by atoms with Crippen LogP contribution in [0.2, 0.25) is 0 Å². The summed E-state index contributed by atoms with van der Waals surface area (Å²) in [4.78, 5) is 0. The third kappa shape index (κ3) is 22.7. The van der Waals surface area contributed by atoms with Crippen LogP contribution >= 0.6 is 0 Å². The molecule has 0 saturated carbocycles. The Bertz CT molecular complexity index is 442. The molecule has 0 saturated heterocycles. The standard InChI is InChI=1S/C24H50O4S.K/c1-3-5-7-9-10-11-13-17-21-24(29(26,27)28)22-18-14-16-20-23(25)19-15-12-8-6-4-2;/h23-25H,3-22H2,1-2H3,(H,26,27,28);/q;+1/p-1. The molecule has 2 atom stereocenters. The third-order valence-corrected chi connectivity index (χ3v) is 7.28. The van der Waals surface area contributed by atoms with Crippen molar-refractivity contribution in [2.45, 2.75) is 154 Å². The Balaban J connectivity index is 0. The zero-order valence-electron chi connectivity index (χ0n) is 20.4. The molecule has 4 nitrogen and oxygen atoms in total. The van der Waals surface area contributed by atoms with E-state index < -0.39 is 15.4 Å². The van der Waals surface area contributed by atoms with Crippen molar-refractivity contribution in [3.63, 3.8) is 0 Å². The zero-order valence-corrected chi connectivity index (χ0v) is 24.3. The molecule has 30 heavy (non-hydrogen) atoms. The van der Waals surface area contributed by atoms with Crippen molar-refractivity contribution >= 4 is 10.1 Å². The summed E-state index contributed by atoms with van der Waals surface area (Å²) in [7, 11) is -4.19. The average Bonchev–Trinajstić information content (AvgIpc) is 2.67. The maximum Gasteiger partial charge on any atom is 1.00 e. The van der Waals surface area contributed by atoms with E-state index in [1.54, 1.807) is 0 Å². The van der Waals surface area contributed by atoms with Crippen LogP contribution < -0.4 is 51.4 Å². The molecule has 0 aliphatic heterocycles. The van der Waals surface area contributed by atoms with Gasteiger partial charge < -0.3 is 9.66 Å². The first-order chi connectivity index (χ1) is 13.9. The van der Waals surface area contributed by atoms with E-state index in [4.69, 9.17) is 0 Å². The van der Waals surface area contributed by atoms with Crippen LogP contribution in [0.3, 0.4) is 0 Å². The molecule has 0 aliphatic rings. The first-order valence-corrected chi connectivity index (χ1v) is 14.0. The maximum atomic E-state index is 11.5. The Morgan fingerprint density at radius 1 is 0.600 bits per heavy atom. The van der Waals surface area contributed by atoms with Gasteiger partial charge in [0.2, 0.25) is 0 Å². The predicted molar refractivity (Wildman–Crippen MR) is 123 cm³/mol. The van der Waals surface area contributed by atoms with Gasteiger partial charge in [-0.25, -0.2) is 8.42 Å². The molecule has 0 aromatic heterocycles. The number of aliphatic hydroxyl groups excluding tert-OH is 1. The summed E-state index contributed by atoms with van der Waals surface area (Å²) in [5, 5.41) is 9.32. The van der Waals surface area contributed by atoms with Crippen LogP contribution in [0.4, 0.5) is 0 Å². The number of rotatable bonds is 22. The Morgan fingerprint density at radius 2 is 0.900 bits per heavy atom. The van der Waals surface area contributed by atoms with E-state index in [0.717, 1.165) is 57.8 Å². The van der Waals surface area contributed by atoms with E-state index in [2.05, 4.69) is 13.8 Å². The molecule has 0 aliphatic carbocycles. The molecule has 6 heteroatoms. The van der Waals surface area contributed by atoms with Gasteiger partial charge >= 0.3 is 51.4 Å². The molecule has 0 bridgehead atoms. The van der Waals surface area contributed by atoms with Crippen LogP contribution in [0.5, 0.6) is 0 Å². The van der Waals surface area contributed by atoms with E-state index in [-0.39, 0.29) is 57.5 Å². The maximum absolute atomic E-state index is 11.5. The van der Waals surface area contributed by atoms with Gasteiger partial charge in [0.25, 0.3) is 0 Å². The molecule has 1 N–H and O–H groups in total. The molecule has 0 aromatic carbocycles. The van der Waals surface area contributed by atoms with Gasteiger partial charge in [0.1, 0.15) is 0 Å². The van der Waals surface area contributed by atoms with Gasteiger partial charge in [-0.3, -0.25) is 0 Å². The second-order valence-electron chi connectivity index (χ2n) is 8.87. The number of hydrogen-bond donors (Lipinski definition) is 1. The largest absolute Gasteiger partial charge is 1.00 e. The Kier molecular flexibility index (Phi) is 26.6. The first kappa shape index (κ1) is 33.7. The predicted octanol–water partition coefficient (Wildman–Crippen LogP) is 4.11. The first-order valence-electron chi connectivity index (χ1n) is 12.5. The zero-order chi connectivity index (χ0) is 21.8. The Morgan fingerprint density at radius 3 is 1.27 bits per heavy atom. The minimum absolute atomic E-state index is 0. The van der Waals surface area contributed by atoms with Gasteiger partial charge in [0.05, 0.1) is 16.2 Å². The van der Waals surface area contributed by atoms with Crippen molar-refractivity contribution in [1.82, 2.24) is 0 Å². The van der Waals surface area contributed by atoms with E-state index >= 15 is 0 Å². The number of aliphatic hydroxyl groups is 1. The molecule has 0 aromatic rings. The number of hydrogen-bond acceptors (Lipinski definition) is 4. The monoisotopic (exact) mass is 472 g/mol. The molecule has 0 rings (SSSR count). The fourth-order valence-corrected chi connectivity index (χ4v) is 4.91. The fraction of sp³-hybridized carbons (Fsp3) is 1.00. The topological polar surface area (TPSA) is 77.4 Å². The summed E-state index contributed by atoms with van der Waals surface area (Å²) >= 11 is 0. The fourth-order valence-electron chi connectivity index (χ4n) is 4.00. The minimum atomic E-state index is -4.19. The molecule has 0 fully saturated rings. The summed E-state index contributed by atoms with van der Waals surface area (Å²) in [6, 6.07) is 0. The van der Waals surface area contributed by atoms with Gasteiger partial charge in [-0.2, -0.15) is 0 Å². The van der Waals surface area contributed by atoms with Gasteiger partial charge in [0.15, 0.2) is 0 Å². The Labute approximate surface area is 230 Å². The summed E-state index contributed by atoms with van der Waals surface area (Å²) in [5.74, 6) is 0. The van der Waals surface area contributed by atoms with Crippen molar-refractivity contribution in [2.24, 2.45) is 0 Å². The van der Waals surface area contributed by atoms with Crippen molar-refractivity contribution in [3.05, 3.63) is 0 Å². The average molecular weight is 473 g/mol. The Hall–Kier alpha value is 1.51. The summed E-state index contributed by atoms with van der Waals surface area (Å²) in [6.07, 6.45) is 20.4. The molecule has 0 heterocycles. The van der Waals surface area contributed by atoms with E-state index in [0.29, 0.717) is 12.8 Å².